The standard InChI is InChI=1S/C7H16NP.Y/c1-4-6-7(3)8(9)5-2;/h7H,2-6,9H2,1H3;/q-2;. The van der Waals surface area contributed by atoms with Crippen LogP contribution in [0.5, 0.6) is 0 Å². The minimum Gasteiger partial charge on any atom is -0.344 e. The van der Waals surface area contributed by atoms with Gasteiger partial charge in [0, 0.05) is 32.7 Å². The predicted octanol–water partition coefficient (Wildman–Crippen LogP) is 1.91. The van der Waals surface area contributed by atoms with Crippen molar-refractivity contribution in [2.75, 3.05) is 6.54 Å². The maximum absolute atomic E-state index is 3.96. The third-order valence-corrected chi connectivity index (χ3v) is 2.03. The van der Waals surface area contributed by atoms with Crippen LogP contribution in [0.2, 0.25) is 0 Å². The molecular weight excluding hydrogens is 218 g/mol. The van der Waals surface area contributed by atoms with Crippen LogP contribution in [-0.2, 0) is 32.7 Å². The van der Waals surface area contributed by atoms with Gasteiger partial charge in [0.05, 0.1) is 0 Å². The number of hydrogen-bond donors (Lipinski definition) is 0. The molecule has 1 radical (unpaired) electrons. The molecule has 0 aliphatic carbocycles. The Kier molecular flexibility index (Phi) is 12.1. The van der Waals surface area contributed by atoms with Gasteiger partial charge in [-0.3, -0.25) is 0 Å². The van der Waals surface area contributed by atoms with Crippen LogP contribution in [-0.4, -0.2) is 17.3 Å². The van der Waals surface area contributed by atoms with Crippen LogP contribution in [0.4, 0.5) is 0 Å². The van der Waals surface area contributed by atoms with Gasteiger partial charge >= 0.3 is 0 Å². The molecule has 0 aliphatic heterocycles. The zero-order valence-corrected chi connectivity index (χ0v) is 10.7. The molecule has 59 valence electrons. The molecule has 0 aromatic rings. The molecule has 0 heterocycles. The SMILES string of the molecule is [CH2-]CN(P)C([CH2-])CCC.[Y]. The van der Waals surface area contributed by atoms with Crippen LogP contribution in [0, 0.1) is 13.8 Å². The predicted molar refractivity (Wildman–Crippen MR) is 45.8 cm³/mol. The molecule has 0 amide bonds. The van der Waals surface area contributed by atoms with Gasteiger partial charge in [0.25, 0.3) is 0 Å². The van der Waals surface area contributed by atoms with E-state index in [9.17, 15) is 0 Å². The molecule has 0 N–H and O–H groups in total. The van der Waals surface area contributed by atoms with Gasteiger partial charge < -0.3 is 18.5 Å². The fourth-order valence-corrected chi connectivity index (χ4v) is 0.831. The molecule has 3 heteroatoms. The van der Waals surface area contributed by atoms with Gasteiger partial charge in [-0.15, -0.1) is 12.6 Å². The van der Waals surface area contributed by atoms with Gasteiger partial charge in [0.2, 0.25) is 0 Å². The molecule has 2 unspecified atom stereocenters. The number of nitrogens with zero attached hydrogens (tertiary/aromatic N) is 1. The molecule has 0 saturated heterocycles. The zero-order valence-electron chi connectivity index (χ0n) is 6.71. The summed E-state index contributed by atoms with van der Waals surface area (Å²) in [6.07, 6.45) is 2.35. The first-order chi connectivity index (χ1) is 4.22. The van der Waals surface area contributed by atoms with E-state index in [0.29, 0.717) is 6.04 Å². The summed E-state index contributed by atoms with van der Waals surface area (Å²) in [4.78, 5) is 0. The molecule has 0 saturated carbocycles. The van der Waals surface area contributed by atoms with E-state index in [4.69, 9.17) is 0 Å². The molecule has 0 fully saturated rings. The molecule has 2 atom stereocenters. The van der Waals surface area contributed by atoms with Crippen molar-refractivity contribution in [2.24, 2.45) is 0 Å². The molecule has 0 spiro atoms. The van der Waals surface area contributed by atoms with Gasteiger partial charge in [0.1, 0.15) is 0 Å². The van der Waals surface area contributed by atoms with E-state index in [1.807, 2.05) is 0 Å². The molecule has 0 aliphatic rings. The summed E-state index contributed by atoms with van der Waals surface area (Å²) in [5, 5.41) is 0. The van der Waals surface area contributed by atoms with Crippen LogP contribution in [0.1, 0.15) is 19.8 Å². The average molecular weight is 234 g/mol. The summed E-state index contributed by atoms with van der Waals surface area (Å²) in [6.45, 7) is 10.7. The molecule has 0 bridgehead atoms. The Bertz CT molecular complexity index is 70.6. The van der Waals surface area contributed by atoms with Crippen LogP contribution in [0.3, 0.4) is 0 Å². The summed E-state index contributed by atoms with van der Waals surface area (Å²) in [5.41, 5.74) is 0. The maximum atomic E-state index is 3.96. The monoisotopic (exact) mass is 234 g/mol. The van der Waals surface area contributed by atoms with Crippen molar-refractivity contribution in [3.05, 3.63) is 13.8 Å². The number of hydrogen-bond acceptors (Lipinski definition) is 1. The largest absolute Gasteiger partial charge is 0.344 e. The maximum Gasteiger partial charge on any atom is 0 e. The van der Waals surface area contributed by atoms with Crippen molar-refractivity contribution in [2.45, 2.75) is 25.8 Å². The second-order valence-electron chi connectivity index (χ2n) is 2.18. The Hall–Kier alpha value is 1.49. The van der Waals surface area contributed by atoms with Crippen LogP contribution < -0.4 is 0 Å². The van der Waals surface area contributed by atoms with Crippen molar-refractivity contribution >= 4 is 9.39 Å². The first kappa shape index (κ1) is 14.0. The van der Waals surface area contributed by atoms with Gasteiger partial charge in [-0.2, -0.15) is 0 Å². The first-order valence-electron chi connectivity index (χ1n) is 3.36. The van der Waals surface area contributed by atoms with Gasteiger partial charge in [-0.25, -0.2) is 0 Å². The van der Waals surface area contributed by atoms with E-state index in [-0.39, 0.29) is 32.7 Å². The molecular formula is C7H16NPY-2. The Morgan fingerprint density at radius 2 is 2.10 bits per heavy atom. The summed E-state index contributed by atoms with van der Waals surface area (Å²) >= 11 is 0. The summed E-state index contributed by atoms with van der Waals surface area (Å²) in [5.74, 6) is 0. The molecule has 0 rings (SSSR count). The minimum absolute atomic E-state index is 0. The second-order valence-corrected chi connectivity index (χ2v) is 2.84. The average Bonchev–Trinajstić information content (AvgIpc) is 1.87. The second kappa shape index (κ2) is 8.59. The Morgan fingerprint density at radius 3 is 2.40 bits per heavy atom. The molecule has 0 aromatic heterocycles. The topological polar surface area (TPSA) is 3.24 Å². The van der Waals surface area contributed by atoms with Gasteiger partial charge in [-0.1, -0.05) is 29.2 Å². The fraction of sp³-hybridized carbons (Fsp3) is 0.714. The Labute approximate surface area is 92.5 Å². The van der Waals surface area contributed by atoms with Crippen molar-refractivity contribution in [1.29, 1.82) is 0 Å². The molecule has 10 heavy (non-hydrogen) atoms. The third kappa shape index (κ3) is 6.22. The van der Waals surface area contributed by atoms with Crippen LogP contribution >= 0.6 is 9.39 Å². The normalized spacial score (nSPS) is 12.9. The van der Waals surface area contributed by atoms with Gasteiger partial charge in [0.15, 0.2) is 0 Å². The smallest absolute Gasteiger partial charge is 0 e. The van der Waals surface area contributed by atoms with E-state index >= 15 is 0 Å². The fourth-order valence-electron chi connectivity index (χ4n) is 0.682. The van der Waals surface area contributed by atoms with Gasteiger partial charge in [-0.05, 0) is 0 Å². The van der Waals surface area contributed by atoms with E-state index in [1.54, 1.807) is 0 Å². The summed E-state index contributed by atoms with van der Waals surface area (Å²) < 4.78 is 2.07. The van der Waals surface area contributed by atoms with Crippen molar-refractivity contribution < 1.29 is 32.7 Å². The molecule has 0 aromatic carbocycles. The van der Waals surface area contributed by atoms with E-state index in [1.165, 1.54) is 6.42 Å². The minimum atomic E-state index is 0. The summed E-state index contributed by atoms with van der Waals surface area (Å²) in [7, 11) is 2.63. The van der Waals surface area contributed by atoms with Crippen LogP contribution in [0.25, 0.3) is 0 Å². The van der Waals surface area contributed by atoms with E-state index in [2.05, 4.69) is 34.8 Å². The van der Waals surface area contributed by atoms with Crippen molar-refractivity contribution in [1.82, 2.24) is 4.67 Å². The quantitative estimate of drug-likeness (QED) is 0.530. The van der Waals surface area contributed by atoms with Crippen molar-refractivity contribution in [3.8, 4) is 0 Å². The van der Waals surface area contributed by atoms with Crippen LogP contribution in [0.15, 0.2) is 0 Å². The molecule has 1 nitrogen and oxygen atoms in total. The van der Waals surface area contributed by atoms with Crippen molar-refractivity contribution in [3.63, 3.8) is 0 Å². The first-order valence-corrected chi connectivity index (χ1v) is 3.87. The Balaban J connectivity index is 0. The van der Waals surface area contributed by atoms with E-state index < -0.39 is 0 Å². The summed E-state index contributed by atoms with van der Waals surface area (Å²) in [6, 6.07) is 0.414. The zero-order chi connectivity index (χ0) is 7.28. The third-order valence-electron chi connectivity index (χ3n) is 1.35. The number of rotatable bonds is 4. The Morgan fingerprint density at radius 1 is 1.60 bits per heavy atom. The van der Waals surface area contributed by atoms with E-state index in [0.717, 1.165) is 13.0 Å².